The van der Waals surface area contributed by atoms with Gasteiger partial charge in [0.05, 0.1) is 10.4 Å². The Bertz CT molecular complexity index is 3150. The zero-order chi connectivity index (χ0) is 34.2. The zero-order valence-corrected chi connectivity index (χ0v) is 29.5. The molecule has 0 aliphatic carbocycles. The van der Waals surface area contributed by atoms with Crippen LogP contribution in [0, 0.1) is 0 Å². The van der Waals surface area contributed by atoms with Crippen LogP contribution in [0.25, 0.3) is 84.5 Å². The predicted molar refractivity (Wildman–Crippen MR) is 225 cm³/mol. The van der Waals surface area contributed by atoms with Crippen LogP contribution in [0.4, 0.5) is 17.1 Å². The smallest absolute Gasteiger partial charge is 0.143 e. The third-order valence-corrected chi connectivity index (χ3v) is 12.6. The van der Waals surface area contributed by atoms with Gasteiger partial charge in [0.1, 0.15) is 11.2 Å². The van der Waals surface area contributed by atoms with Crippen LogP contribution in [0.15, 0.2) is 180 Å². The Kier molecular flexibility index (Phi) is 6.63. The number of anilines is 3. The van der Waals surface area contributed by atoms with E-state index in [0.29, 0.717) is 0 Å². The summed E-state index contributed by atoms with van der Waals surface area (Å²) in [4.78, 5) is 2.42. The molecule has 11 rings (SSSR count). The van der Waals surface area contributed by atoms with Gasteiger partial charge >= 0.3 is 0 Å². The van der Waals surface area contributed by atoms with Gasteiger partial charge in [-0.15, -0.1) is 22.7 Å². The Balaban J connectivity index is 1.10. The largest absolute Gasteiger partial charge is 0.455 e. The molecule has 244 valence electrons. The summed E-state index contributed by atoms with van der Waals surface area (Å²) in [6, 6.07) is 63.6. The summed E-state index contributed by atoms with van der Waals surface area (Å²) in [5.41, 5.74) is 9.86. The lowest BCUT2D eigenvalue weighted by molar-refractivity contribution is 0.670. The van der Waals surface area contributed by atoms with E-state index in [0.717, 1.165) is 50.1 Å². The Hall–Kier alpha value is -6.20. The topological polar surface area (TPSA) is 16.4 Å². The number of fused-ring (bicyclic) bond motifs is 9. The summed E-state index contributed by atoms with van der Waals surface area (Å²) in [7, 11) is 0. The molecule has 0 radical (unpaired) electrons. The lowest BCUT2D eigenvalue weighted by Crippen LogP contribution is -2.10. The van der Waals surface area contributed by atoms with Crippen LogP contribution in [0.3, 0.4) is 0 Å². The number of hydrogen-bond donors (Lipinski definition) is 0. The van der Waals surface area contributed by atoms with Crippen molar-refractivity contribution in [1.29, 1.82) is 0 Å². The molecule has 0 bridgehead atoms. The van der Waals surface area contributed by atoms with Crippen LogP contribution in [0.5, 0.6) is 0 Å². The third kappa shape index (κ3) is 4.55. The molecule has 0 saturated carbocycles. The van der Waals surface area contributed by atoms with Gasteiger partial charge in [0.2, 0.25) is 0 Å². The van der Waals surface area contributed by atoms with Crippen LogP contribution < -0.4 is 4.90 Å². The van der Waals surface area contributed by atoms with Gasteiger partial charge in [0.25, 0.3) is 0 Å². The SMILES string of the molecule is c1cc(-c2cccc3c2oc2ccccc23)cc(N(c2ccc(-c3cccc4sc5ccccc5c34)cc2)c2cccc3c2sc2ccccc23)c1. The standard InChI is InChI=1S/C48H29NOS2/c1-4-21-42-36(13-1)38-18-8-17-35(47(38)50-42)31-11-7-12-33(29-31)49(41-20-9-19-39-37-14-2-5-22-43(37)52-48(39)41)32-27-25-30(26-28-32)34-16-10-24-45-46(34)40-15-3-6-23-44(40)51-45/h1-29H. The molecule has 4 heteroatoms. The normalized spacial score (nSPS) is 11.8. The molecule has 0 fully saturated rings. The second-order valence-electron chi connectivity index (χ2n) is 13.2. The third-order valence-electron chi connectivity index (χ3n) is 10.3. The van der Waals surface area contributed by atoms with Gasteiger partial charge in [-0.3, -0.25) is 0 Å². The van der Waals surface area contributed by atoms with Crippen LogP contribution in [0.1, 0.15) is 0 Å². The highest BCUT2D eigenvalue weighted by atomic mass is 32.1. The summed E-state index contributed by atoms with van der Waals surface area (Å²) < 4.78 is 11.7. The molecule has 0 atom stereocenters. The first-order valence-electron chi connectivity index (χ1n) is 17.5. The fraction of sp³-hybridized carbons (Fsp3) is 0. The first-order chi connectivity index (χ1) is 25.8. The van der Waals surface area contributed by atoms with E-state index in [1.807, 2.05) is 34.8 Å². The fourth-order valence-electron chi connectivity index (χ4n) is 7.93. The van der Waals surface area contributed by atoms with Gasteiger partial charge in [-0.2, -0.15) is 0 Å². The number of furan rings is 1. The van der Waals surface area contributed by atoms with Gasteiger partial charge in [-0.05, 0) is 71.3 Å². The number of nitrogens with zero attached hydrogens (tertiary/aromatic N) is 1. The quantitative estimate of drug-likeness (QED) is 0.178. The molecule has 0 aliphatic heterocycles. The molecule has 0 aliphatic rings. The Morgan fingerprint density at radius 3 is 1.94 bits per heavy atom. The molecule has 8 aromatic carbocycles. The number of thiophene rings is 2. The van der Waals surface area contributed by atoms with E-state index in [-0.39, 0.29) is 0 Å². The molecule has 52 heavy (non-hydrogen) atoms. The number of benzene rings is 8. The average Bonchev–Trinajstić information content (AvgIpc) is 3.90. The van der Waals surface area contributed by atoms with Crippen molar-refractivity contribution in [1.82, 2.24) is 0 Å². The first-order valence-corrected chi connectivity index (χ1v) is 19.1. The second-order valence-corrected chi connectivity index (χ2v) is 15.4. The molecular weight excluding hydrogens is 671 g/mol. The molecule has 11 aromatic rings. The molecule has 0 N–H and O–H groups in total. The molecule has 0 spiro atoms. The predicted octanol–water partition coefficient (Wildman–Crippen LogP) is 15.1. The van der Waals surface area contributed by atoms with Crippen LogP contribution in [-0.2, 0) is 0 Å². The minimum Gasteiger partial charge on any atom is -0.455 e. The lowest BCUT2D eigenvalue weighted by Gasteiger charge is -2.27. The molecular formula is C48H29NOS2. The van der Waals surface area contributed by atoms with E-state index in [9.17, 15) is 0 Å². The minimum atomic E-state index is 0.908. The average molecular weight is 700 g/mol. The monoisotopic (exact) mass is 699 g/mol. The zero-order valence-electron chi connectivity index (χ0n) is 27.9. The van der Waals surface area contributed by atoms with Crippen LogP contribution >= 0.6 is 22.7 Å². The highest BCUT2D eigenvalue weighted by Gasteiger charge is 2.20. The van der Waals surface area contributed by atoms with Gasteiger partial charge in [-0.25, -0.2) is 0 Å². The summed E-state index contributed by atoms with van der Waals surface area (Å²) in [5.74, 6) is 0. The molecule has 3 aromatic heterocycles. The maximum absolute atomic E-state index is 6.49. The van der Waals surface area contributed by atoms with Gasteiger partial charge < -0.3 is 9.32 Å². The van der Waals surface area contributed by atoms with Gasteiger partial charge in [-0.1, -0.05) is 121 Å². The molecule has 0 unspecified atom stereocenters. The van der Waals surface area contributed by atoms with Crippen molar-refractivity contribution < 1.29 is 4.42 Å². The van der Waals surface area contributed by atoms with Gasteiger partial charge in [0, 0.05) is 63.4 Å². The maximum Gasteiger partial charge on any atom is 0.143 e. The van der Waals surface area contributed by atoms with E-state index in [1.54, 1.807) is 0 Å². The van der Waals surface area contributed by atoms with Crippen molar-refractivity contribution in [2.24, 2.45) is 0 Å². The van der Waals surface area contributed by atoms with E-state index in [4.69, 9.17) is 4.42 Å². The second kappa shape index (κ2) is 11.7. The van der Waals surface area contributed by atoms with Crippen molar-refractivity contribution in [2.45, 2.75) is 0 Å². The van der Waals surface area contributed by atoms with Gasteiger partial charge in [0.15, 0.2) is 0 Å². The molecule has 3 heterocycles. The number of para-hydroxylation sites is 2. The van der Waals surface area contributed by atoms with Crippen molar-refractivity contribution in [2.75, 3.05) is 4.90 Å². The molecule has 0 saturated heterocycles. The van der Waals surface area contributed by atoms with Crippen molar-refractivity contribution in [3.63, 3.8) is 0 Å². The summed E-state index contributed by atoms with van der Waals surface area (Å²) >= 11 is 3.72. The number of rotatable bonds is 5. The highest BCUT2D eigenvalue weighted by Crippen LogP contribution is 2.47. The maximum atomic E-state index is 6.49. The summed E-state index contributed by atoms with van der Waals surface area (Å²) in [6.07, 6.45) is 0. The Morgan fingerprint density at radius 2 is 1.06 bits per heavy atom. The Morgan fingerprint density at radius 1 is 0.404 bits per heavy atom. The molecule has 0 amide bonds. The molecule has 2 nitrogen and oxygen atoms in total. The van der Waals surface area contributed by atoms with Crippen molar-refractivity contribution >= 4 is 102 Å². The number of hydrogen-bond acceptors (Lipinski definition) is 4. The summed E-state index contributed by atoms with van der Waals surface area (Å²) in [6.45, 7) is 0. The van der Waals surface area contributed by atoms with Crippen LogP contribution in [-0.4, -0.2) is 0 Å². The lowest BCUT2D eigenvalue weighted by atomic mass is 9.98. The van der Waals surface area contributed by atoms with E-state index >= 15 is 0 Å². The Labute approximate surface area is 308 Å². The van der Waals surface area contributed by atoms with Crippen molar-refractivity contribution in [3.05, 3.63) is 176 Å². The van der Waals surface area contributed by atoms with E-state index in [1.165, 1.54) is 51.5 Å². The van der Waals surface area contributed by atoms with E-state index in [2.05, 4.69) is 169 Å². The van der Waals surface area contributed by atoms with E-state index < -0.39 is 0 Å². The minimum absolute atomic E-state index is 0.908. The highest BCUT2D eigenvalue weighted by molar-refractivity contribution is 7.26. The first kappa shape index (κ1) is 29.5. The summed E-state index contributed by atoms with van der Waals surface area (Å²) in [5, 5.41) is 7.49. The fourth-order valence-corrected chi connectivity index (χ4v) is 10.3. The van der Waals surface area contributed by atoms with Crippen molar-refractivity contribution in [3.8, 4) is 22.3 Å². The van der Waals surface area contributed by atoms with Crippen LogP contribution in [0.2, 0.25) is 0 Å².